The van der Waals surface area contributed by atoms with E-state index in [-0.39, 0.29) is 18.2 Å². The zero-order chi connectivity index (χ0) is 16.8. The first-order chi connectivity index (χ1) is 11.0. The van der Waals surface area contributed by atoms with Gasteiger partial charge in [-0.25, -0.2) is 5.43 Å². The number of aromatic hydroxyl groups is 1. The van der Waals surface area contributed by atoms with Crippen LogP contribution in [0.15, 0.2) is 47.6 Å². The second-order valence-electron chi connectivity index (χ2n) is 5.45. The van der Waals surface area contributed by atoms with Crippen LogP contribution in [-0.4, -0.2) is 23.3 Å². The van der Waals surface area contributed by atoms with Gasteiger partial charge in [-0.1, -0.05) is 17.7 Å². The Bertz CT molecular complexity index is 722. The number of hydrogen-bond donors (Lipinski definition) is 3. The van der Waals surface area contributed by atoms with Crippen molar-refractivity contribution in [1.82, 2.24) is 5.43 Å². The fraction of sp³-hybridized carbons (Fsp3) is 0.222. The Balaban J connectivity index is 1.89. The number of amides is 1. The molecule has 2 aromatic rings. The highest BCUT2D eigenvalue weighted by Crippen LogP contribution is 2.15. The third kappa shape index (κ3) is 4.85. The van der Waals surface area contributed by atoms with E-state index < -0.39 is 0 Å². The topological polar surface area (TPSA) is 73.7 Å². The SMILES string of the molecule is C/C(=N\NC(=O)CNc1ccc(C)cc1C)c1ccc(O)cc1. The second kappa shape index (κ2) is 7.45. The van der Waals surface area contributed by atoms with Crippen LogP contribution in [0.1, 0.15) is 23.6 Å². The molecule has 0 spiro atoms. The van der Waals surface area contributed by atoms with Crippen molar-refractivity contribution in [2.75, 3.05) is 11.9 Å². The van der Waals surface area contributed by atoms with Crippen molar-refractivity contribution in [2.24, 2.45) is 5.10 Å². The molecule has 0 aromatic heterocycles. The van der Waals surface area contributed by atoms with Crippen LogP contribution in [0.4, 0.5) is 5.69 Å². The maximum atomic E-state index is 11.9. The molecule has 5 heteroatoms. The summed E-state index contributed by atoms with van der Waals surface area (Å²) in [7, 11) is 0. The second-order valence-corrected chi connectivity index (χ2v) is 5.45. The molecule has 0 aliphatic rings. The minimum atomic E-state index is -0.219. The van der Waals surface area contributed by atoms with Crippen molar-refractivity contribution in [1.29, 1.82) is 0 Å². The number of carbonyl (C=O) groups excluding carboxylic acids is 1. The van der Waals surface area contributed by atoms with Gasteiger partial charge < -0.3 is 10.4 Å². The van der Waals surface area contributed by atoms with Crippen LogP contribution < -0.4 is 10.7 Å². The molecule has 2 rings (SSSR count). The molecule has 0 fully saturated rings. The largest absolute Gasteiger partial charge is 0.508 e. The van der Waals surface area contributed by atoms with Gasteiger partial charge in [-0.2, -0.15) is 5.10 Å². The molecule has 23 heavy (non-hydrogen) atoms. The lowest BCUT2D eigenvalue weighted by Crippen LogP contribution is -2.27. The molecule has 3 N–H and O–H groups in total. The maximum absolute atomic E-state index is 11.9. The predicted octanol–water partition coefficient (Wildman–Crippen LogP) is 2.96. The number of nitrogens with zero attached hydrogens (tertiary/aromatic N) is 1. The lowest BCUT2D eigenvalue weighted by Gasteiger charge is -2.09. The summed E-state index contributed by atoms with van der Waals surface area (Å²) >= 11 is 0. The number of phenolic OH excluding ortho intramolecular Hbond substituents is 1. The molecule has 5 nitrogen and oxygen atoms in total. The van der Waals surface area contributed by atoms with Crippen molar-refractivity contribution in [2.45, 2.75) is 20.8 Å². The molecule has 0 atom stereocenters. The minimum absolute atomic E-state index is 0.149. The van der Waals surface area contributed by atoms with Gasteiger partial charge >= 0.3 is 0 Å². The number of anilines is 1. The van der Waals surface area contributed by atoms with E-state index in [1.807, 2.05) is 26.0 Å². The van der Waals surface area contributed by atoms with E-state index in [9.17, 15) is 9.90 Å². The van der Waals surface area contributed by atoms with E-state index in [0.717, 1.165) is 16.8 Å². The number of hydrogen-bond acceptors (Lipinski definition) is 4. The number of hydrazone groups is 1. The zero-order valence-electron chi connectivity index (χ0n) is 13.6. The molecule has 2 aromatic carbocycles. The molecule has 1 amide bonds. The van der Waals surface area contributed by atoms with E-state index in [1.54, 1.807) is 31.2 Å². The minimum Gasteiger partial charge on any atom is -0.508 e. The fourth-order valence-electron chi connectivity index (χ4n) is 2.14. The van der Waals surface area contributed by atoms with Gasteiger partial charge in [0.05, 0.1) is 12.3 Å². The summed E-state index contributed by atoms with van der Waals surface area (Å²) in [6.07, 6.45) is 0. The van der Waals surface area contributed by atoms with Gasteiger partial charge in [0.15, 0.2) is 0 Å². The molecule has 0 aliphatic carbocycles. The Hall–Kier alpha value is -2.82. The summed E-state index contributed by atoms with van der Waals surface area (Å²) in [6.45, 7) is 5.98. The van der Waals surface area contributed by atoms with Crippen LogP contribution in [0.2, 0.25) is 0 Å². The highest BCUT2D eigenvalue weighted by Gasteiger charge is 2.03. The summed E-state index contributed by atoms with van der Waals surface area (Å²) in [6, 6.07) is 12.7. The molecule has 0 heterocycles. The van der Waals surface area contributed by atoms with Gasteiger partial charge in [0.2, 0.25) is 0 Å². The number of phenols is 1. The van der Waals surface area contributed by atoms with E-state index in [2.05, 4.69) is 21.9 Å². The highest BCUT2D eigenvalue weighted by atomic mass is 16.3. The number of rotatable bonds is 5. The highest BCUT2D eigenvalue weighted by molar-refractivity contribution is 5.99. The summed E-state index contributed by atoms with van der Waals surface area (Å²) in [4.78, 5) is 11.9. The number of aryl methyl sites for hydroxylation is 2. The van der Waals surface area contributed by atoms with Crippen LogP contribution in [0.3, 0.4) is 0 Å². The van der Waals surface area contributed by atoms with Crippen molar-refractivity contribution < 1.29 is 9.90 Å². The summed E-state index contributed by atoms with van der Waals surface area (Å²) in [5.74, 6) is -0.0219. The lowest BCUT2D eigenvalue weighted by atomic mass is 10.1. The van der Waals surface area contributed by atoms with Gasteiger partial charge in [0.1, 0.15) is 5.75 Å². The van der Waals surface area contributed by atoms with Gasteiger partial charge in [0, 0.05) is 5.69 Å². The predicted molar refractivity (Wildman–Crippen MR) is 92.9 cm³/mol. The third-order valence-corrected chi connectivity index (χ3v) is 3.45. The Morgan fingerprint density at radius 2 is 1.83 bits per heavy atom. The first kappa shape index (κ1) is 16.5. The number of carbonyl (C=O) groups is 1. The van der Waals surface area contributed by atoms with E-state index >= 15 is 0 Å². The quantitative estimate of drug-likeness (QED) is 0.587. The first-order valence-corrected chi connectivity index (χ1v) is 7.39. The third-order valence-electron chi connectivity index (χ3n) is 3.45. The van der Waals surface area contributed by atoms with Crippen molar-refractivity contribution in [3.63, 3.8) is 0 Å². The van der Waals surface area contributed by atoms with Gasteiger partial charge in [-0.05, 0) is 62.2 Å². The fourth-order valence-corrected chi connectivity index (χ4v) is 2.14. The Morgan fingerprint density at radius 1 is 1.13 bits per heavy atom. The van der Waals surface area contributed by atoms with Crippen LogP contribution >= 0.6 is 0 Å². The molecular weight excluding hydrogens is 290 g/mol. The molecule has 0 unspecified atom stereocenters. The van der Waals surface area contributed by atoms with Crippen LogP contribution in [0.25, 0.3) is 0 Å². The standard InChI is InChI=1S/C18H21N3O2/c1-12-4-9-17(13(2)10-12)19-11-18(23)21-20-14(3)15-5-7-16(22)8-6-15/h4-10,19,22H,11H2,1-3H3,(H,21,23)/b20-14+. The molecule has 0 saturated heterocycles. The first-order valence-electron chi connectivity index (χ1n) is 7.39. The Morgan fingerprint density at radius 3 is 2.48 bits per heavy atom. The molecule has 0 aliphatic heterocycles. The van der Waals surface area contributed by atoms with Gasteiger partial charge in [0.25, 0.3) is 5.91 Å². The van der Waals surface area contributed by atoms with Crippen LogP contribution in [0, 0.1) is 13.8 Å². The normalized spacial score (nSPS) is 11.2. The van der Waals surface area contributed by atoms with Crippen LogP contribution in [-0.2, 0) is 4.79 Å². The molecular formula is C18H21N3O2. The average Bonchev–Trinajstić information content (AvgIpc) is 2.52. The average molecular weight is 311 g/mol. The molecule has 120 valence electrons. The Kier molecular flexibility index (Phi) is 5.36. The molecule has 0 bridgehead atoms. The van der Waals surface area contributed by atoms with Crippen LogP contribution in [0.5, 0.6) is 5.75 Å². The van der Waals surface area contributed by atoms with E-state index in [1.165, 1.54) is 5.56 Å². The maximum Gasteiger partial charge on any atom is 0.259 e. The summed E-state index contributed by atoms with van der Waals surface area (Å²) in [5.41, 5.74) is 7.25. The Labute approximate surface area is 136 Å². The summed E-state index contributed by atoms with van der Waals surface area (Å²) < 4.78 is 0. The van der Waals surface area contributed by atoms with E-state index in [0.29, 0.717) is 5.71 Å². The van der Waals surface area contributed by atoms with Crippen molar-refractivity contribution in [3.8, 4) is 5.75 Å². The summed E-state index contributed by atoms with van der Waals surface area (Å²) in [5, 5.41) is 16.4. The van der Waals surface area contributed by atoms with Gasteiger partial charge in [-0.3, -0.25) is 4.79 Å². The van der Waals surface area contributed by atoms with Crippen molar-refractivity contribution in [3.05, 3.63) is 59.2 Å². The molecule has 0 radical (unpaired) electrons. The van der Waals surface area contributed by atoms with E-state index in [4.69, 9.17) is 0 Å². The number of benzene rings is 2. The molecule has 0 saturated carbocycles. The smallest absolute Gasteiger partial charge is 0.259 e. The lowest BCUT2D eigenvalue weighted by molar-refractivity contribution is -0.119. The monoisotopic (exact) mass is 311 g/mol. The number of nitrogens with one attached hydrogen (secondary N) is 2. The van der Waals surface area contributed by atoms with Crippen molar-refractivity contribution >= 4 is 17.3 Å². The zero-order valence-corrected chi connectivity index (χ0v) is 13.6. The van der Waals surface area contributed by atoms with Gasteiger partial charge in [-0.15, -0.1) is 0 Å².